The molecule has 0 spiro atoms. The fourth-order valence-corrected chi connectivity index (χ4v) is 2.94. The van der Waals surface area contributed by atoms with Crippen LogP contribution >= 0.6 is 0 Å². The number of aliphatic hydroxyl groups excluding tert-OH is 1. The van der Waals surface area contributed by atoms with Crippen molar-refractivity contribution in [2.75, 3.05) is 24.7 Å². The Morgan fingerprint density at radius 3 is 2.57 bits per heavy atom. The molecule has 0 radical (unpaired) electrons. The predicted molar refractivity (Wildman–Crippen MR) is 89.3 cm³/mol. The van der Waals surface area contributed by atoms with Gasteiger partial charge in [-0.15, -0.1) is 0 Å². The van der Waals surface area contributed by atoms with Crippen LogP contribution in [0.1, 0.15) is 17.4 Å². The van der Waals surface area contributed by atoms with Crippen molar-refractivity contribution in [2.24, 2.45) is 0 Å². The molecule has 1 fully saturated rings. The molecular formula is C16H15F3N4O5. The molecule has 150 valence electrons. The highest BCUT2D eigenvalue weighted by molar-refractivity contribution is 5.95. The number of ether oxygens (including phenoxy) is 1. The molecule has 2 heterocycles. The highest BCUT2D eigenvalue weighted by Gasteiger charge is 2.57. The number of carbonyl (C=O) groups excluding carboxylic acids is 1. The molecule has 1 aromatic heterocycles. The normalized spacial score (nSPS) is 17.9. The van der Waals surface area contributed by atoms with Crippen molar-refractivity contribution in [2.45, 2.75) is 18.9 Å². The number of carbonyl (C=O) groups is 1. The zero-order chi connectivity index (χ0) is 20.6. The maximum absolute atomic E-state index is 13.8. The average molecular weight is 400 g/mol. The number of aliphatic hydroxyl groups is 1. The summed E-state index contributed by atoms with van der Waals surface area (Å²) in [5.74, 6) is -5.42. The van der Waals surface area contributed by atoms with Crippen molar-refractivity contribution in [3.63, 3.8) is 0 Å². The standard InChI is InChI=1S/C16H15F3N4O5/c1-2-28-15(25)12-13(23(26)27)14(21-8-16(18,19)11(21)7-24)22(20-12)10-5-3-9(17)4-6-10/h3-6,11,24H,2,7-8H2,1H3. The van der Waals surface area contributed by atoms with Crippen molar-refractivity contribution in [1.82, 2.24) is 9.78 Å². The molecule has 0 bridgehead atoms. The molecule has 28 heavy (non-hydrogen) atoms. The van der Waals surface area contributed by atoms with E-state index in [0.717, 1.165) is 21.7 Å². The van der Waals surface area contributed by atoms with Gasteiger partial charge in [0.05, 0.1) is 30.4 Å². The number of nitrogens with zero attached hydrogens (tertiary/aromatic N) is 4. The van der Waals surface area contributed by atoms with E-state index in [4.69, 9.17) is 4.74 Å². The number of hydrogen-bond acceptors (Lipinski definition) is 7. The molecule has 2 aromatic rings. The number of rotatable bonds is 6. The van der Waals surface area contributed by atoms with Crippen molar-refractivity contribution >= 4 is 17.5 Å². The lowest BCUT2D eigenvalue weighted by Crippen LogP contribution is -2.67. The van der Waals surface area contributed by atoms with Gasteiger partial charge in [-0.25, -0.2) is 22.6 Å². The fourth-order valence-electron chi connectivity index (χ4n) is 2.94. The summed E-state index contributed by atoms with van der Waals surface area (Å²) in [6.07, 6.45) is 0. The number of esters is 1. The minimum Gasteiger partial charge on any atom is -0.461 e. The first-order valence-electron chi connectivity index (χ1n) is 8.17. The SMILES string of the molecule is CCOC(=O)c1nn(-c2ccc(F)cc2)c(N2CC(F)(F)C2CO)c1[N+](=O)[O-]. The van der Waals surface area contributed by atoms with Crippen LogP contribution in [0.3, 0.4) is 0 Å². The average Bonchev–Trinajstić information content (AvgIpc) is 3.01. The van der Waals surface area contributed by atoms with Crippen LogP contribution in [0, 0.1) is 15.9 Å². The Morgan fingerprint density at radius 1 is 1.43 bits per heavy atom. The van der Waals surface area contributed by atoms with Gasteiger partial charge in [-0.1, -0.05) is 0 Å². The summed E-state index contributed by atoms with van der Waals surface area (Å²) in [7, 11) is 0. The summed E-state index contributed by atoms with van der Waals surface area (Å²) in [6, 6.07) is 2.79. The van der Waals surface area contributed by atoms with Gasteiger partial charge in [0, 0.05) is 0 Å². The lowest BCUT2D eigenvalue weighted by atomic mass is 9.98. The zero-order valence-electron chi connectivity index (χ0n) is 14.5. The molecule has 9 nitrogen and oxygen atoms in total. The van der Waals surface area contributed by atoms with E-state index in [1.807, 2.05) is 0 Å². The van der Waals surface area contributed by atoms with Gasteiger partial charge in [0.25, 0.3) is 5.92 Å². The number of alkyl halides is 2. The van der Waals surface area contributed by atoms with E-state index in [-0.39, 0.29) is 12.3 Å². The van der Waals surface area contributed by atoms with E-state index in [1.54, 1.807) is 0 Å². The Hall–Kier alpha value is -3.15. The van der Waals surface area contributed by atoms with E-state index >= 15 is 0 Å². The fraction of sp³-hybridized carbons (Fsp3) is 0.375. The number of hydrogen-bond donors (Lipinski definition) is 1. The first-order valence-corrected chi connectivity index (χ1v) is 8.17. The van der Waals surface area contributed by atoms with Gasteiger partial charge in [-0.3, -0.25) is 10.1 Å². The van der Waals surface area contributed by atoms with Crippen LogP contribution in [-0.4, -0.2) is 57.5 Å². The molecule has 1 aliphatic rings. The van der Waals surface area contributed by atoms with Crippen molar-refractivity contribution < 1.29 is 32.7 Å². The maximum Gasteiger partial charge on any atom is 0.366 e. The van der Waals surface area contributed by atoms with Crippen molar-refractivity contribution in [3.8, 4) is 5.69 Å². The third-order valence-electron chi connectivity index (χ3n) is 4.25. The highest BCUT2D eigenvalue weighted by Crippen LogP contribution is 2.44. The largest absolute Gasteiger partial charge is 0.461 e. The molecule has 1 N–H and O–H groups in total. The number of aromatic nitrogens is 2. The summed E-state index contributed by atoms with van der Waals surface area (Å²) in [4.78, 5) is 23.8. The smallest absolute Gasteiger partial charge is 0.366 e. The van der Waals surface area contributed by atoms with E-state index < -0.39 is 59.0 Å². The molecule has 3 rings (SSSR count). The Morgan fingerprint density at radius 2 is 2.07 bits per heavy atom. The molecule has 1 aliphatic heterocycles. The maximum atomic E-state index is 13.8. The van der Waals surface area contributed by atoms with Gasteiger partial charge >= 0.3 is 11.7 Å². The van der Waals surface area contributed by atoms with Crippen LogP contribution in [-0.2, 0) is 4.74 Å². The van der Waals surface area contributed by atoms with Crippen LogP contribution in [0.25, 0.3) is 5.69 Å². The third-order valence-corrected chi connectivity index (χ3v) is 4.25. The number of nitro groups is 1. The second-order valence-corrected chi connectivity index (χ2v) is 5.97. The van der Waals surface area contributed by atoms with Crippen LogP contribution in [0.4, 0.5) is 24.7 Å². The topological polar surface area (TPSA) is 111 Å². The minimum absolute atomic E-state index is 0.0875. The van der Waals surface area contributed by atoms with Crippen molar-refractivity contribution in [3.05, 3.63) is 45.9 Å². The first kappa shape index (κ1) is 19.6. The van der Waals surface area contributed by atoms with Crippen LogP contribution in [0.15, 0.2) is 24.3 Å². The summed E-state index contributed by atoms with van der Waals surface area (Å²) in [6.45, 7) is -0.503. The summed E-state index contributed by atoms with van der Waals surface area (Å²) >= 11 is 0. The predicted octanol–water partition coefficient (Wildman–Crippen LogP) is 1.91. The monoisotopic (exact) mass is 400 g/mol. The van der Waals surface area contributed by atoms with E-state index in [9.17, 15) is 33.2 Å². The van der Waals surface area contributed by atoms with Crippen LogP contribution in [0.5, 0.6) is 0 Å². The quantitative estimate of drug-likeness (QED) is 0.448. The summed E-state index contributed by atoms with van der Waals surface area (Å²) < 4.78 is 46.5. The lowest BCUT2D eigenvalue weighted by Gasteiger charge is -2.47. The Kier molecular flexibility index (Phi) is 4.98. The molecule has 0 saturated carbocycles. The van der Waals surface area contributed by atoms with Gasteiger partial charge in [-0.05, 0) is 31.2 Å². The molecule has 1 unspecified atom stereocenters. The van der Waals surface area contributed by atoms with E-state index in [2.05, 4.69) is 5.10 Å². The molecule has 1 saturated heterocycles. The lowest BCUT2D eigenvalue weighted by molar-refractivity contribution is -0.384. The second-order valence-electron chi connectivity index (χ2n) is 5.97. The van der Waals surface area contributed by atoms with Gasteiger partial charge < -0.3 is 14.7 Å². The zero-order valence-corrected chi connectivity index (χ0v) is 14.5. The van der Waals surface area contributed by atoms with Gasteiger partial charge in [0.15, 0.2) is 0 Å². The van der Waals surface area contributed by atoms with Gasteiger partial charge in [0.1, 0.15) is 11.9 Å². The Balaban J connectivity index is 2.23. The van der Waals surface area contributed by atoms with Crippen molar-refractivity contribution in [1.29, 1.82) is 0 Å². The molecular weight excluding hydrogens is 385 g/mol. The molecule has 12 heteroatoms. The Bertz CT molecular complexity index is 916. The Labute approximate surface area is 156 Å². The second kappa shape index (κ2) is 7.11. The van der Waals surface area contributed by atoms with Crippen LogP contribution in [0.2, 0.25) is 0 Å². The van der Waals surface area contributed by atoms with E-state index in [0.29, 0.717) is 0 Å². The summed E-state index contributed by atoms with van der Waals surface area (Å²) in [5, 5.41) is 24.9. The third kappa shape index (κ3) is 3.15. The molecule has 1 aromatic carbocycles. The van der Waals surface area contributed by atoms with Gasteiger partial charge in [-0.2, -0.15) is 5.10 Å². The number of anilines is 1. The molecule has 0 aliphatic carbocycles. The summed E-state index contributed by atoms with van der Waals surface area (Å²) in [5.41, 5.74) is -1.42. The first-order chi connectivity index (χ1) is 13.2. The minimum atomic E-state index is -3.29. The number of halogens is 3. The number of benzene rings is 1. The molecule has 1 atom stereocenters. The van der Waals surface area contributed by atoms with Crippen LogP contribution < -0.4 is 4.90 Å². The van der Waals surface area contributed by atoms with E-state index in [1.165, 1.54) is 19.1 Å². The highest BCUT2D eigenvalue weighted by atomic mass is 19.3. The molecule has 0 amide bonds. The van der Waals surface area contributed by atoms with Gasteiger partial charge in [0.2, 0.25) is 11.5 Å².